The normalized spacial score (nSPS) is 13.7. The smallest absolute Gasteiger partial charge is 0.290 e. The molecule has 1 fully saturated rings. The summed E-state index contributed by atoms with van der Waals surface area (Å²) in [6, 6.07) is 7.46. The van der Waals surface area contributed by atoms with Crippen molar-refractivity contribution in [3.05, 3.63) is 41.9 Å². The number of carbonyl (C=O) groups excluding carboxylic acids is 2. The number of amides is 2. The van der Waals surface area contributed by atoms with E-state index in [1.54, 1.807) is 12.1 Å². The molecule has 114 valence electrons. The second kappa shape index (κ2) is 5.97. The molecule has 2 N–H and O–H groups in total. The van der Waals surface area contributed by atoms with Gasteiger partial charge in [-0.3, -0.25) is 9.59 Å². The van der Waals surface area contributed by atoms with Crippen molar-refractivity contribution < 1.29 is 18.5 Å². The molecule has 1 aliphatic rings. The molecular weight excluding hydrogens is 289 g/mol. The number of aromatic nitrogens is 1. The molecule has 0 atom stereocenters. The highest BCUT2D eigenvalue weighted by molar-refractivity contribution is 5.94. The van der Waals surface area contributed by atoms with Crippen LogP contribution in [-0.4, -0.2) is 29.6 Å². The Hall–Kier alpha value is -2.70. The Morgan fingerprint density at radius 1 is 1.32 bits per heavy atom. The first-order valence-corrected chi connectivity index (χ1v) is 6.92. The van der Waals surface area contributed by atoms with E-state index in [1.165, 1.54) is 18.2 Å². The molecule has 1 aromatic carbocycles. The van der Waals surface area contributed by atoms with E-state index in [-0.39, 0.29) is 24.3 Å². The molecule has 0 unspecified atom stereocenters. The van der Waals surface area contributed by atoms with Gasteiger partial charge in [-0.25, -0.2) is 4.39 Å². The van der Waals surface area contributed by atoms with E-state index in [1.807, 2.05) is 0 Å². The predicted molar refractivity (Wildman–Crippen MR) is 75.4 cm³/mol. The van der Waals surface area contributed by atoms with Crippen LogP contribution in [0.3, 0.4) is 0 Å². The summed E-state index contributed by atoms with van der Waals surface area (Å²) >= 11 is 0. The topological polar surface area (TPSA) is 84.2 Å². The zero-order valence-electron chi connectivity index (χ0n) is 11.6. The predicted octanol–water partition coefficient (Wildman–Crippen LogP) is 1.49. The number of nitrogens with zero attached hydrogens (tertiary/aromatic N) is 1. The van der Waals surface area contributed by atoms with Gasteiger partial charge in [-0.15, -0.1) is 0 Å². The number of hydrogen-bond acceptors (Lipinski definition) is 4. The molecule has 22 heavy (non-hydrogen) atoms. The molecular formula is C15H14FN3O3. The monoisotopic (exact) mass is 303 g/mol. The zero-order chi connectivity index (χ0) is 15.5. The van der Waals surface area contributed by atoms with Gasteiger partial charge < -0.3 is 15.2 Å². The molecule has 1 aromatic heterocycles. The van der Waals surface area contributed by atoms with E-state index in [2.05, 4.69) is 15.8 Å². The Morgan fingerprint density at radius 3 is 2.86 bits per heavy atom. The summed E-state index contributed by atoms with van der Waals surface area (Å²) in [6.07, 6.45) is 1.97. The van der Waals surface area contributed by atoms with Crippen LogP contribution in [0.4, 0.5) is 4.39 Å². The lowest BCUT2D eigenvalue weighted by atomic mass is 10.1. The molecule has 3 rings (SSSR count). The molecule has 1 aliphatic carbocycles. The van der Waals surface area contributed by atoms with Crippen LogP contribution in [0.2, 0.25) is 0 Å². The van der Waals surface area contributed by atoms with Crippen molar-refractivity contribution in [1.82, 2.24) is 15.8 Å². The minimum absolute atomic E-state index is 0.0292. The third-order valence-corrected chi connectivity index (χ3v) is 3.21. The fourth-order valence-electron chi connectivity index (χ4n) is 1.92. The van der Waals surface area contributed by atoms with Crippen molar-refractivity contribution >= 4 is 11.8 Å². The molecule has 0 bridgehead atoms. The van der Waals surface area contributed by atoms with Gasteiger partial charge in [0.15, 0.2) is 0 Å². The van der Waals surface area contributed by atoms with Crippen molar-refractivity contribution in [2.45, 2.75) is 18.9 Å². The highest BCUT2D eigenvalue weighted by atomic mass is 19.1. The lowest BCUT2D eigenvalue weighted by molar-refractivity contribution is -0.120. The van der Waals surface area contributed by atoms with Crippen LogP contribution in [0.25, 0.3) is 11.3 Å². The Kier molecular flexibility index (Phi) is 3.86. The van der Waals surface area contributed by atoms with Gasteiger partial charge in [-0.05, 0) is 25.0 Å². The van der Waals surface area contributed by atoms with Crippen LogP contribution in [0.1, 0.15) is 23.4 Å². The number of rotatable bonds is 5. The maximum Gasteiger partial charge on any atom is 0.290 e. The average Bonchev–Trinajstić information content (AvgIpc) is 3.17. The van der Waals surface area contributed by atoms with Gasteiger partial charge in [0.2, 0.25) is 11.7 Å². The zero-order valence-corrected chi connectivity index (χ0v) is 11.6. The third-order valence-electron chi connectivity index (χ3n) is 3.21. The van der Waals surface area contributed by atoms with E-state index in [4.69, 9.17) is 4.52 Å². The van der Waals surface area contributed by atoms with E-state index < -0.39 is 11.7 Å². The number of hydrogen-bond donors (Lipinski definition) is 2. The average molecular weight is 303 g/mol. The van der Waals surface area contributed by atoms with Crippen LogP contribution < -0.4 is 10.6 Å². The van der Waals surface area contributed by atoms with Gasteiger partial charge in [0.25, 0.3) is 5.91 Å². The quantitative estimate of drug-likeness (QED) is 0.876. The summed E-state index contributed by atoms with van der Waals surface area (Å²) in [7, 11) is 0. The molecule has 0 aliphatic heterocycles. The van der Waals surface area contributed by atoms with Gasteiger partial charge in [0.1, 0.15) is 11.5 Å². The number of nitrogens with one attached hydrogen (secondary N) is 2. The first-order valence-electron chi connectivity index (χ1n) is 6.92. The van der Waals surface area contributed by atoms with Crippen LogP contribution in [0.5, 0.6) is 0 Å². The minimum atomic E-state index is -0.541. The Labute approximate surface area is 125 Å². The Balaban J connectivity index is 1.60. The van der Waals surface area contributed by atoms with E-state index >= 15 is 0 Å². The van der Waals surface area contributed by atoms with Gasteiger partial charge in [0, 0.05) is 17.7 Å². The van der Waals surface area contributed by atoms with Crippen molar-refractivity contribution in [3.63, 3.8) is 0 Å². The van der Waals surface area contributed by atoms with Crippen molar-refractivity contribution in [1.29, 1.82) is 0 Å². The van der Waals surface area contributed by atoms with Crippen LogP contribution >= 0.6 is 0 Å². The van der Waals surface area contributed by atoms with Crippen LogP contribution in [0.15, 0.2) is 34.9 Å². The number of benzene rings is 1. The second-order valence-electron chi connectivity index (χ2n) is 5.11. The van der Waals surface area contributed by atoms with E-state index in [9.17, 15) is 14.0 Å². The Morgan fingerprint density at radius 2 is 2.14 bits per heavy atom. The van der Waals surface area contributed by atoms with E-state index in [0.717, 1.165) is 12.8 Å². The summed E-state index contributed by atoms with van der Waals surface area (Å²) in [5.41, 5.74) is 0.862. The van der Waals surface area contributed by atoms with Crippen molar-refractivity contribution in [2.75, 3.05) is 6.54 Å². The molecule has 2 aromatic rings. The molecule has 0 radical (unpaired) electrons. The lowest BCUT2D eigenvalue weighted by Gasteiger charge is -2.03. The summed E-state index contributed by atoms with van der Waals surface area (Å²) in [4.78, 5) is 23.3. The standard InChI is InChI=1S/C15H14FN3O3/c16-10-3-1-2-9(6-10)12-7-13(22-19-12)15(21)17-8-14(20)18-11-4-5-11/h1-3,6-7,11H,4-5,8H2,(H,17,21)(H,18,20). The molecule has 7 heteroatoms. The maximum absolute atomic E-state index is 13.2. The van der Waals surface area contributed by atoms with Crippen molar-refractivity contribution in [3.8, 4) is 11.3 Å². The maximum atomic E-state index is 13.2. The summed E-state index contributed by atoms with van der Waals surface area (Å²) < 4.78 is 18.1. The first-order chi connectivity index (χ1) is 10.6. The number of halogens is 1. The highest BCUT2D eigenvalue weighted by Gasteiger charge is 2.23. The van der Waals surface area contributed by atoms with Crippen LogP contribution in [-0.2, 0) is 4.79 Å². The summed E-state index contributed by atoms with van der Waals surface area (Å²) in [5, 5.41) is 8.94. The largest absolute Gasteiger partial charge is 0.352 e. The van der Waals surface area contributed by atoms with Crippen LogP contribution in [0, 0.1) is 5.82 Å². The molecule has 2 amide bonds. The summed E-state index contributed by atoms with van der Waals surface area (Å²) in [5.74, 6) is -1.21. The molecule has 0 saturated heterocycles. The first kappa shape index (κ1) is 14.2. The second-order valence-corrected chi connectivity index (χ2v) is 5.11. The molecule has 1 heterocycles. The fourth-order valence-corrected chi connectivity index (χ4v) is 1.92. The van der Waals surface area contributed by atoms with Crippen molar-refractivity contribution in [2.24, 2.45) is 0 Å². The van der Waals surface area contributed by atoms with Gasteiger partial charge in [-0.2, -0.15) is 0 Å². The molecule has 0 spiro atoms. The highest BCUT2D eigenvalue weighted by Crippen LogP contribution is 2.20. The Bertz CT molecular complexity index is 710. The minimum Gasteiger partial charge on any atom is -0.352 e. The van der Waals surface area contributed by atoms with Gasteiger partial charge in [0.05, 0.1) is 6.54 Å². The molecule has 1 saturated carbocycles. The number of carbonyl (C=O) groups is 2. The van der Waals surface area contributed by atoms with Gasteiger partial charge in [-0.1, -0.05) is 17.3 Å². The van der Waals surface area contributed by atoms with Gasteiger partial charge >= 0.3 is 0 Å². The third kappa shape index (κ3) is 3.49. The molecule has 6 nitrogen and oxygen atoms in total. The SMILES string of the molecule is O=C(CNC(=O)c1cc(-c2cccc(F)c2)no1)NC1CC1. The lowest BCUT2D eigenvalue weighted by Crippen LogP contribution is -2.37. The fraction of sp³-hybridized carbons (Fsp3) is 0.267. The van der Waals surface area contributed by atoms with E-state index in [0.29, 0.717) is 11.3 Å². The summed E-state index contributed by atoms with van der Waals surface area (Å²) in [6.45, 7) is -0.120.